The van der Waals surface area contributed by atoms with Crippen LogP contribution in [0.1, 0.15) is 71.6 Å². The van der Waals surface area contributed by atoms with Crippen molar-refractivity contribution < 1.29 is 53.1 Å². The normalized spacial score (nSPS) is 12.9. The van der Waals surface area contributed by atoms with Crippen LogP contribution in [0.25, 0.3) is 0 Å². The van der Waals surface area contributed by atoms with Crippen LogP contribution in [-0.2, 0) is 53.1 Å². The molecule has 25 heteroatoms. The van der Waals surface area contributed by atoms with Gasteiger partial charge in [0, 0.05) is 82.9 Å². The molecule has 0 N–H and O–H groups in total. The molecule has 74 heavy (non-hydrogen) atoms. The third-order valence-corrected chi connectivity index (χ3v) is 42.3. The van der Waals surface area contributed by atoms with Crippen LogP contribution in [0.4, 0.5) is 0 Å². The summed E-state index contributed by atoms with van der Waals surface area (Å²) in [7, 11) is -1.58. The van der Waals surface area contributed by atoms with Gasteiger partial charge in [-0.1, -0.05) is 52.6 Å². The van der Waals surface area contributed by atoms with Crippen LogP contribution in [0.3, 0.4) is 0 Å². The molecule has 0 heterocycles. The minimum Gasteiger partial charge on any atom is -0.555 e. The standard InChI is InChI=1S/C17H42O4Si3.C13H38O5Si5.C9H18O2.C6H18OSi2.C3H8.CH3.3Rf/c1-18-23(5,6)16-10-14-19-12-9-13-20-15-11-17-24(7,8)21-22(2,3)4;1-14-23(15-2,16-3)12-11-21(8,9)18-22(10,13-19(4)5)17-20(6)7;1-10-8-6-4-3-5-7-9-11-2;1-8(2,3)7-9(4,5)6;1-3-2;;;;/h9-17H2,1-8H3;19-20H,11-13H2,1-10H3;1-9H2;1-6H3;3H2,1-2H3;1H3;;;/q;;-2;;;-1;;;. The Morgan fingerprint density at radius 2 is 0.730 bits per heavy atom. The summed E-state index contributed by atoms with van der Waals surface area (Å²) in [4.78, 5) is 0. The molecule has 0 radical (unpaired) electrons. The van der Waals surface area contributed by atoms with E-state index in [9.17, 15) is 0 Å². The van der Waals surface area contributed by atoms with E-state index in [1.165, 1.54) is 43.4 Å². The molecule has 12 nitrogen and oxygen atoms in total. The van der Waals surface area contributed by atoms with Crippen molar-refractivity contribution in [2.24, 2.45) is 0 Å². The van der Waals surface area contributed by atoms with E-state index in [-0.39, 0.29) is 7.43 Å². The number of hydrogen-bond donors (Lipinski definition) is 0. The molecule has 0 aromatic carbocycles. The van der Waals surface area contributed by atoms with E-state index in [4.69, 9.17) is 43.6 Å². The Labute approximate surface area is 457 Å². The molecular weight excluding hydrogens is 1860 g/mol. The predicted octanol–water partition coefficient (Wildman–Crippen LogP) is 15.4. The summed E-state index contributed by atoms with van der Waals surface area (Å²) in [5.41, 5.74) is 1.19. The van der Waals surface area contributed by atoms with Gasteiger partial charge in [0.05, 0.1) is 0 Å². The van der Waals surface area contributed by atoms with Gasteiger partial charge in [0.1, 0.15) is 0 Å². The van der Waals surface area contributed by atoms with E-state index < -0.39 is 85.1 Å². The minimum absolute atomic E-state index is 0. The Hall–Kier alpha value is -1.31. The molecule has 1 unspecified atom stereocenters. The van der Waals surface area contributed by atoms with Gasteiger partial charge in [-0.2, -0.15) is 0 Å². The molecular formula is C49H127O12Rf3Si10-3. The summed E-state index contributed by atoms with van der Waals surface area (Å²) >= 11 is 0. The summed E-state index contributed by atoms with van der Waals surface area (Å²) < 4.78 is 68.4. The first-order valence-corrected chi connectivity index (χ1v) is 56.8. The molecule has 0 saturated heterocycles. The maximum atomic E-state index is 6.76. The largest absolute Gasteiger partial charge is 0.555 e. The molecule has 0 spiro atoms. The van der Waals surface area contributed by atoms with Crippen LogP contribution in [0.15, 0.2) is 0 Å². The maximum absolute atomic E-state index is 6.76. The second-order valence-electron chi connectivity index (χ2n) is 23.9. The average molecular weight is 1990 g/mol. The van der Waals surface area contributed by atoms with Crippen molar-refractivity contribution in [3.63, 3.8) is 0 Å². The SMILES string of the molecule is CCC.CO[Si](C)(C)CCCOCCCOCCC[Si](C)(C)O[Si](C)(C)C.CO[Si](CC[Si](C)(C)O[Si](C)(C[SiH](C)C)O[SiH](C)C)(OC)OC.C[Si](C)(C)O[Si](C)(C)C.[CH2-]OCCCCCCCO[CH2-].[CH3-].[Rf].[Rf].[Rf]. The monoisotopic (exact) mass is 1990 g/mol. The summed E-state index contributed by atoms with van der Waals surface area (Å²) in [5.74, 6) is 0. The fourth-order valence-corrected chi connectivity index (χ4v) is 46.8. The van der Waals surface area contributed by atoms with E-state index in [0.717, 1.165) is 83.8 Å². The van der Waals surface area contributed by atoms with Crippen molar-refractivity contribution in [1.82, 2.24) is 0 Å². The minimum atomic E-state index is -2.52. The molecule has 0 amide bonds. The third-order valence-electron chi connectivity index (χ3n) is 9.76. The smallest absolute Gasteiger partial charge is 0.499 e. The third kappa shape index (κ3) is 70.7. The molecule has 444 valence electrons. The maximum Gasteiger partial charge on any atom is 0.499 e. The molecule has 0 aliphatic rings. The molecule has 1 atom stereocenters. The summed E-state index contributed by atoms with van der Waals surface area (Å²) in [6, 6.07) is 4.13. The van der Waals surface area contributed by atoms with Gasteiger partial charge < -0.3 is 60.5 Å². The van der Waals surface area contributed by atoms with E-state index in [1.54, 1.807) is 21.3 Å². The number of ether oxygens (including phenoxy) is 4. The van der Waals surface area contributed by atoms with Crippen molar-refractivity contribution in [3.8, 4) is 0 Å². The van der Waals surface area contributed by atoms with Crippen LogP contribution >= 0.6 is 0 Å². The van der Waals surface area contributed by atoms with E-state index in [2.05, 4.69) is 168 Å². The van der Waals surface area contributed by atoms with Gasteiger partial charge in [0.2, 0.25) is 0 Å². The molecule has 0 saturated carbocycles. The number of rotatable bonds is 37. The molecule has 0 rings (SSSR count). The Kier molecular flexibility index (Phi) is 62.2. The van der Waals surface area contributed by atoms with Gasteiger partial charge in [-0.05, 0) is 174 Å². The van der Waals surface area contributed by atoms with E-state index >= 15 is 0 Å². The quantitative estimate of drug-likeness (QED) is 0.0335. The molecule has 0 aromatic rings. The second-order valence-corrected chi connectivity index (χ2v) is 64.3. The van der Waals surface area contributed by atoms with Gasteiger partial charge in [0.15, 0.2) is 58.9 Å². The molecule has 0 aromatic heterocycles. The van der Waals surface area contributed by atoms with Gasteiger partial charge >= 0.3 is 17.4 Å². The molecule has 0 fully saturated rings. The van der Waals surface area contributed by atoms with Crippen molar-refractivity contribution in [2.45, 2.75) is 232 Å². The number of hydrogen-bond acceptors (Lipinski definition) is 12. The van der Waals surface area contributed by atoms with Crippen molar-refractivity contribution in [1.29, 1.82) is 0 Å². The molecule has 0 aliphatic carbocycles. The van der Waals surface area contributed by atoms with E-state index in [1.807, 2.05) is 7.11 Å². The van der Waals surface area contributed by atoms with Crippen LogP contribution in [0.2, 0.25) is 161 Å². The van der Waals surface area contributed by atoms with Gasteiger partial charge in [0.25, 0.3) is 0 Å². The van der Waals surface area contributed by atoms with Crippen LogP contribution in [0, 0.1) is 21.6 Å². The Balaban J connectivity index is -0.000000112. The second kappa shape index (κ2) is 49.9. The Morgan fingerprint density at radius 3 is 1.03 bits per heavy atom. The summed E-state index contributed by atoms with van der Waals surface area (Å²) in [6.45, 7) is 54.6. The van der Waals surface area contributed by atoms with Gasteiger partial charge in [-0.25, -0.2) is 14.2 Å². The van der Waals surface area contributed by atoms with Gasteiger partial charge in [-0.15, -0.1) is 0 Å². The summed E-state index contributed by atoms with van der Waals surface area (Å²) in [6.07, 6.45) is 10.4. The fourth-order valence-electron chi connectivity index (χ4n) is 7.51. The molecule has 0 bridgehead atoms. The number of unbranched alkanes of at least 4 members (excludes halogenated alkanes) is 4. The van der Waals surface area contributed by atoms with Crippen molar-refractivity contribution in [3.05, 3.63) is 21.6 Å². The first-order chi connectivity index (χ1) is 31.9. The van der Waals surface area contributed by atoms with Crippen molar-refractivity contribution in [2.75, 3.05) is 68.1 Å². The first-order valence-electron chi connectivity index (χ1n) is 26.8. The predicted molar refractivity (Wildman–Crippen MR) is 338 cm³/mol. The van der Waals surface area contributed by atoms with Crippen LogP contribution < -0.4 is 0 Å². The average Bonchev–Trinajstić information content (AvgIpc) is 3.18. The van der Waals surface area contributed by atoms with Crippen LogP contribution in [-0.4, -0.2) is 153 Å². The van der Waals surface area contributed by atoms with Gasteiger partial charge in [-0.3, -0.25) is 0 Å². The van der Waals surface area contributed by atoms with Crippen LogP contribution in [0.5, 0.6) is 0 Å². The van der Waals surface area contributed by atoms with E-state index in [0.29, 0.717) is 0 Å². The topological polar surface area (TPSA) is 111 Å². The zero-order valence-corrected chi connectivity index (χ0v) is 84.2. The fraction of sp³-hybridized carbons (Fsp3) is 0.939. The zero-order chi connectivity index (χ0) is 55.8. The molecule has 0 aliphatic heterocycles. The Bertz CT molecular complexity index is 1120. The summed E-state index contributed by atoms with van der Waals surface area (Å²) in [5, 5.41) is 0. The Morgan fingerprint density at radius 1 is 0.392 bits per heavy atom. The van der Waals surface area contributed by atoms with Crippen molar-refractivity contribution >= 4 is 85.1 Å². The first kappa shape index (κ1) is 92.1. The zero-order valence-electron chi connectivity index (χ0n) is 54.7.